The molecule has 0 aliphatic carbocycles. The number of ether oxygens (including phenoxy) is 4. The first-order valence-corrected chi connectivity index (χ1v) is 10.5. The molecule has 1 aliphatic heterocycles. The summed E-state index contributed by atoms with van der Waals surface area (Å²) in [6.45, 7) is 3.21. The van der Waals surface area contributed by atoms with E-state index in [-0.39, 0.29) is 17.2 Å². The third-order valence-electron chi connectivity index (χ3n) is 4.17. The molecule has 2 rings (SSSR count). The van der Waals surface area contributed by atoms with Gasteiger partial charge < -0.3 is 18.9 Å². The van der Waals surface area contributed by atoms with Crippen molar-refractivity contribution in [2.24, 2.45) is 5.11 Å². The standard InChI is InChI=1S/C19H19ClN4O7S/c1-9(25)28-8-15-17(29-10(2)26)16(23-24-22)18(30-11(3)27)19(31-15)32-13-5-4-12(7-21)14(20)6-13/h4-6,15-19H,8H2,1-3H3/t15?,16?,17-,18-,19+/m0/s1. The maximum Gasteiger partial charge on any atom is 0.303 e. The van der Waals surface area contributed by atoms with Crippen molar-refractivity contribution in [1.82, 2.24) is 0 Å². The zero-order valence-corrected chi connectivity index (χ0v) is 18.8. The molecule has 1 aromatic carbocycles. The van der Waals surface area contributed by atoms with Gasteiger partial charge in [-0.15, -0.1) is 0 Å². The van der Waals surface area contributed by atoms with Gasteiger partial charge in [0.05, 0.1) is 10.6 Å². The summed E-state index contributed by atoms with van der Waals surface area (Å²) < 4.78 is 21.7. The Labute approximate surface area is 192 Å². The fourth-order valence-electron chi connectivity index (χ4n) is 2.96. The summed E-state index contributed by atoms with van der Waals surface area (Å²) in [5, 5.41) is 12.9. The van der Waals surface area contributed by atoms with Crippen LogP contribution in [0.1, 0.15) is 26.3 Å². The van der Waals surface area contributed by atoms with Crippen LogP contribution >= 0.6 is 23.4 Å². The Morgan fingerprint density at radius 3 is 2.41 bits per heavy atom. The van der Waals surface area contributed by atoms with Crippen LogP contribution in [0.3, 0.4) is 0 Å². The highest BCUT2D eigenvalue weighted by molar-refractivity contribution is 7.99. The maximum atomic E-state index is 11.8. The number of azide groups is 1. The number of benzene rings is 1. The molecule has 11 nitrogen and oxygen atoms in total. The lowest BCUT2D eigenvalue weighted by molar-refractivity contribution is -0.201. The molecule has 0 N–H and O–H groups in total. The van der Waals surface area contributed by atoms with E-state index < -0.39 is 47.7 Å². The summed E-state index contributed by atoms with van der Waals surface area (Å²) in [5.74, 6) is -1.97. The minimum absolute atomic E-state index is 0.207. The van der Waals surface area contributed by atoms with E-state index in [1.807, 2.05) is 6.07 Å². The minimum atomic E-state index is -1.19. The summed E-state index contributed by atoms with van der Waals surface area (Å²) in [6, 6.07) is 5.43. The fourth-order valence-corrected chi connectivity index (χ4v) is 4.40. The molecule has 0 saturated carbocycles. The van der Waals surface area contributed by atoms with Gasteiger partial charge in [-0.2, -0.15) is 5.26 Å². The van der Waals surface area contributed by atoms with E-state index in [1.165, 1.54) is 26.0 Å². The number of hydrogen-bond acceptors (Lipinski definition) is 10. The third-order valence-corrected chi connectivity index (χ3v) is 5.62. The van der Waals surface area contributed by atoms with Gasteiger partial charge in [-0.05, 0) is 23.7 Å². The molecule has 1 fully saturated rings. The molecule has 2 unspecified atom stereocenters. The molecule has 1 aromatic rings. The summed E-state index contributed by atoms with van der Waals surface area (Å²) in [7, 11) is 0. The van der Waals surface area contributed by atoms with E-state index in [4.69, 9.17) is 41.3 Å². The van der Waals surface area contributed by atoms with Crippen molar-refractivity contribution in [1.29, 1.82) is 5.26 Å². The Morgan fingerprint density at radius 1 is 1.22 bits per heavy atom. The van der Waals surface area contributed by atoms with E-state index in [0.29, 0.717) is 4.90 Å². The Morgan fingerprint density at radius 2 is 1.88 bits per heavy atom. The smallest absolute Gasteiger partial charge is 0.303 e. The second kappa shape index (κ2) is 11.6. The summed E-state index contributed by atoms with van der Waals surface area (Å²) >= 11 is 7.18. The van der Waals surface area contributed by atoms with Gasteiger partial charge in [0.1, 0.15) is 42.5 Å². The summed E-state index contributed by atoms with van der Waals surface area (Å²) in [4.78, 5) is 38.1. The molecular weight excluding hydrogens is 464 g/mol. The normalized spacial score (nSPS) is 24.4. The van der Waals surface area contributed by atoms with Gasteiger partial charge in [-0.3, -0.25) is 14.4 Å². The highest BCUT2D eigenvalue weighted by atomic mass is 35.5. The number of hydrogen-bond donors (Lipinski definition) is 0. The number of halogens is 1. The molecule has 13 heteroatoms. The van der Waals surface area contributed by atoms with Crippen molar-refractivity contribution in [2.45, 2.75) is 55.5 Å². The van der Waals surface area contributed by atoms with Gasteiger partial charge in [0.25, 0.3) is 0 Å². The lowest BCUT2D eigenvalue weighted by Crippen LogP contribution is -2.59. The third kappa shape index (κ3) is 6.77. The lowest BCUT2D eigenvalue weighted by Gasteiger charge is -2.43. The fraction of sp³-hybridized carbons (Fsp3) is 0.474. The average Bonchev–Trinajstić information content (AvgIpc) is 2.70. The first-order chi connectivity index (χ1) is 15.2. The molecule has 1 heterocycles. The van der Waals surface area contributed by atoms with Gasteiger partial charge in [-0.25, -0.2) is 0 Å². The number of carbonyl (C=O) groups excluding carboxylic acids is 3. The second-order valence-corrected chi connectivity index (χ2v) is 8.14. The van der Waals surface area contributed by atoms with Crippen molar-refractivity contribution in [3.8, 4) is 6.07 Å². The van der Waals surface area contributed by atoms with Crippen LogP contribution in [0.2, 0.25) is 5.02 Å². The number of nitriles is 1. The van der Waals surface area contributed by atoms with Gasteiger partial charge >= 0.3 is 17.9 Å². The predicted octanol–water partition coefficient (Wildman–Crippen LogP) is 3.13. The quantitative estimate of drug-likeness (QED) is 0.187. The van der Waals surface area contributed by atoms with Crippen LogP contribution in [0.5, 0.6) is 0 Å². The van der Waals surface area contributed by atoms with Crippen LogP contribution in [0.15, 0.2) is 28.2 Å². The van der Waals surface area contributed by atoms with Gasteiger partial charge in [0.2, 0.25) is 0 Å². The molecule has 0 bridgehead atoms. The van der Waals surface area contributed by atoms with E-state index >= 15 is 0 Å². The second-order valence-electron chi connectivity index (χ2n) is 6.56. The molecule has 0 aromatic heterocycles. The van der Waals surface area contributed by atoms with Crippen LogP contribution in [0, 0.1) is 11.3 Å². The van der Waals surface area contributed by atoms with Gasteiger partial charge in [-0.1, -0.05) is 28.5 Å². The molecule has 0 radical (unpaired) electrons. The Kier molecular flexibility index (Phi) is 9.16. The zero-order valence-electron chi connectivity index (χ0n) is 17.3. The van der Waals surface area contributed by atoms with Crippen molar-refractivity contribution < 1.29 is 33.3 Å². The molecule has 170 valence electrons. The Hall–Kier alpha value is -2.97. The van der Waals surface area contributed by atoms with Crippen LogP contribution in [0.4, 0.5) is 0 Å². The number of nitrogens with zero attached hydrogens (tertiary/aromatic N) is 4. The molecule has 0 spiro atoms. The van der Waals surface area contributed by atoms with Crippen molar-refractivity contribution in [3.63, 3.8) is 0 Å². The molecule has 1 saturated heterocycles. The predicted molar refractivity (Wildman–Crippen MR) is 111 cm³/mol. The van der Waals surface area contributed by atoms with E-state index in [9.17, 15) is 14.4 Å². The number of thioether (sulfide) groups is 1. The lowest BCUT2D eigenvalue weighted by atomic mass is 9.97. The maximum absolute atomic E-state index is 11.8. The average molecular weight is 483 g/mol. The van der Waals surface area contributed by atoms with Crippen LogP contribution in [0.25, 0.3) is 10.4 Å². The van der Waals surface area contributed by atoms with Crippen LogP contribution in [-0.2, 0) is 33.3 Å². The van der Waals surface area contributed by atoms with Gasteiger partial charge in [0.15, 0.2) is 0 Å². The number of esters is 3. The molecule has 5 atom stereocenters. The van der Waals surface area contributed by atoms with Crippen molar-refractivity contribution in [3.05, 3.63) is 39.2 Å². The Bertz CT molecular complexity index is 979. The topological polar surface area (TPSA) is 161 Å². The zero-order chi connectivity index (χ0) is 23.8. The van der Waals surface area contributed by atoms with E-state index in [0.717, 1.165) is 18.7 Å². The highest BCUT2D eigenvalue weighted by Crippen LogP contribution is 2.38. The molecule has 0 amide bonds. The summed E-state index contributed by atoms with van der Waals surface area (Å²) in [6.07, 6.45) is -3.36. The first kappa shape index (κ1) is 25.3. The minimum Gasteiger partial charge on any atom is -0.463 e. The monoisotopic (exact) mass is 482 g/mol. The highest BCUT2D eigenvalue weighted by Gasteiger charge is 2.50. The molecule has 1 aliphatic rings. The van der Waals surface area contributed by atoms with Crippen LogP contribution < -0.4 is 0 Å². The first-order valence-electron chi connectivity index (χ1n) is 9.20. The number of carbonyl (C=O) groups is 3. The van der Waals surface area contributed by atoms with Gasteiger partial charge in [0, 0.05) is 30.6 Å². The van der Waals surface area contributed by atoms with Crippen molar-refractivity contribution >= 4 is 41.3 Å². The summed E-state index contributed by atoms with van der Waals surface area (Å²) in [5.41, 5.74) is 8.41. The van der Waals surface area contributed by atoms with Crippen molar-refractivity contribution in [2.75, 3.05) is 6.61 Å². The number of rotatable bonds is 7. The van der Waals surface area contributed by atoms with Crippen LogP contribution in [-0.4, -0.2) is 54.3 Å². The SMILES string of the molecule is CC(=O)OCC1O[C@H](Sc2ccc(C#N)c(Cl)c2)[C@@H](OC(C)=O)C(N=[N+]=[N-])[C@H]1OC(C)=O. The molecule has 32 heavy (non-hydrogen) atoms. The molecular formula is C19H19ClN4O7S. The van der Waals surface area contributed by atoms with E-state index in [2.05, 4.69) is 10.0 Å². The Balaban J connectivity index is 2.46. The van der Waals surface area contributed by atoms with E-state index in [1.54, 1.807) is 6.07 Å². The largest absolute Gasteiger partial charge is 0.463 e.